The van der Waals surface area contributed by atoms with Gasteiger partial charge in [-0.25, -0.2) is 9.78 Å². The van der Waals surface area contributed by atoms with Crippen LogP contribution in [-0.4, -0.2) is 41.0 Å². The van der Waals surface area contributed by atoms with Crippen LogP contribution in [0.1, 0.15) is 34.3 Å². The molecule has 0 spiro atoms. The molecule has 0 bridgehead atoms. The Balaban J connectivity index is 1.78. The number of hydrogen-bond acceptors (Lipinski definition) is 4. The highest BCUT2D eigenvalue weighted by Gasteiger charge is 2.35. The zero-order valence-corrected chi connectivity index (χ0v) is 15.8. The summed E-state index contributed by atoms with van der Waals surface area (Å²) in [6.45, 7) is 2.31. The van der Waals surface area contributed by atoms with Gasteiger partial charge >= 0.3 is 12.1 Å². The summed E-state index contributed by atoms with van der Waals surface area (Å²) < 4.78 is 46.2. The summed E-state index contributed by atoms with van der Waals surface area (Å²) in [7, 11) is 1.25. The van der Waals surface area contributed by atoms with E-state index in [0.29, 0.717) is 17.6 Å². The largest absolute Gasteiger partial charge is 0.465 e. The number of imidazole rings is 1. The lowest BCUT2D eigenvalue weighted by atomic mass is 10.0. The van der Waals surface area contributed by atoms with Crippen molar-refractivity contribution in [2.75, 3.05) is 20.2 Å². The maximum atomic E-state index is 13.8. The number of methoxy groups -OCH3 is 1. The van der Waals surface area contributed by atoms with Crippen LogP contribution in [-0.2, 0) is 17.5 Å². The predicted octanol–water partition coefficient (Wildman–Crippen LogP) is 4.63. The van der Waals surface area contributed by atoms with Crippen molar-refractivity contribution >= 4 is 17.0 Å². The average molecular weight is 403 g/mol. The molecule has 2 aromatic carbocycles. The van der Waals surface area contributed by atoms with E-state index >= 15 is 0 Å². The van der Waals surface area contributed by atoms with Crippen molar-refractivity contribution < 1.29 is 22.7 Å². The highest BCUT2D eigenvalue weighted by atomic mass is 19.4. The van der Waals surface area contributed by atoms with Crippen molar-refractivity contribution in [3.05, 3.63) is 53.1 Å². The molecular weight excluding hydrogens is 383 g/mol. The number of hydrogen-bond donors (Lipinski definition) is 1. The van der Waals surface area contributed by atoms with E-state index in [9.17, 15) is 18.0 Å². The number of likely N-dealkylation sites (tertiary alicyclic amines) is 1. The number of halogens is 3. The first-order valence-corrected chi connectivity index (χ1v) is 9.36. The van der Waals surface area contributed by atoms with Crippen molar-refractivity contribution in [3.63, 3.8) is 0 Å². The van der Waals surface area contributed by atoms with E-state index in [1.165, 1.54) is 25.3 Å². The summed E-state index contributed by atoms with van der Waals surface area (Å²) in [5.41, 5.74) is 0.782. The molecule has 5 nitrogen and oxygen atoms in total. The Hall–Kier alpha value is -2.87. The molecule has 2 heterocycles. The quantitative estimate of drug-likeness (QED) is 0.646. The van der Waals surface area contributed by atoms with Gasteiger partial charge in [-0.15, -0.1) is 0 Å². The van der Waals surface area contributed by atoms with Gasteiger partial charge in [0.2, 0.25) is 0 Å². The maximum absolute atomic E-state index is 13.8. The molecule has 0 saturated carbocycles. The van der Waals surface area contributed by atoms with E-state index in [2.05, 4.69) is 14.9 Å². The van der Waals surface area contributed by atoms with E-state index in [-0.39, 0.29) is 22.5 Å². The van der Waals surface area contributed by atoms with Crippen LogP contribution in [0.15, 0.2) is 36.4 Å². The number of ether oxygens (including phenoxy) is 1. The monoisotopic (exact) mass is 403 g/mol. The Labute approximate surface area is 165 Å². The van der Waals surface area contributed by atoms with Crippen LogP contribution in [0, 0.1) is 0 Å². The molecule has 0 amide bonds. The number of para-hydroxylation sites is 1. The van der Waals surface area contributed by atoms with Gasteiger partial charge < -0.3 is 9.72 Å². The van der Waals surface area contributed by atoms with Gasteiger partial charge in [0.05, 0.1) is 23.8 Å². The molecule has 29 heavy (non-hydrogen) atoms. The number of aromatic amines is 1. The number of benzene rings is 2. The van der Waals surface area contributed by atoms with Gasteiger partial charge in [0.25, 0.3) is 0 Å². The zero-order chi connectivity index (χ0) is 20.6. The number of rotatable bonds is 4. The highest BCUT2D eigenvalue weighted by molar-refractivity contribution is 6.02. The minimum atomic E-state index is -4.53. The molecule has 8 heteroatoms. The van der Waals surface area contributed by atoms with Crippen LogP contribution in [0.25, 0.3) is 22.4 Å². The second-order valence-electron chi connectivity index (χ2n) is 7.14. The fourth-order valence-corrected chi connectivity index (χ4v) is 3.76. The van der Waals surface area contributed by atoms with Crippen molar-refractivity contribution in [1.29, 1.82) is 0 Å². The third-order valence-corrected chi connectivity index (χ3v) is 5.17. The molecule has 152 valence electrons. The third kappa shape index (κ3) is 3.85. The third-order valence-electron chi connectivity index (χ3n) is 5.17. The molecule has 1 N–H and O–H groups in total. The number of alkyl halides is 3. The lowest BCUT2D eigenvalue weighted by Crippen LogP contribution is -2.19. The van der Waals surface area contributed by atoms with Crippen LogP contribution in [0.3, 0.4) is 0 Å². The predicted molar refractivity (Wildman–Crippen MR) is 102 cm³/mol. The molecule has 1 saturated heterocycles. The van der Waals surface area contributed by atoms with E-state index in [1.807, 2.05) is 0 Å². The number of esters is 1. The molecule has 0 atom stereocenters. The summed E-state index contributed by atoms with van der Waals surface area (Å²) in [6, 6.07) is 9.17. The molecule has 1 fully saturated rings. The summed E-state index contributed by atoms with van der Waals surface area (Å²) in [6.07, 6.45) is -2.38. The van der Waals surface area contributed by atoms with Crippen molar-refractivity contribution in [2.24, 2.45) is 0 Å². The van der Waals surface area contributed by atoms with Crippen LogP contribution >= 0.6 is 0 Å². The number of nitrogens with one attached hydrogen (secondary N) is 1. The molecule has 1 aliphatic heterocycles. The fraction of sp³-hybridized carbons (Fsp3) is 0.333. The number of aromatic nitrogens is 2. The SMILES string of the molecule is COC(=O)c1cccc2[nH]c(-c3ccc(CN4CCCC4)cc3C(F)(F)F)nc12. The minimum absolute atomic E-state index is 0.0466. The van der Waals surface area contributed by atoms with Crippen LogP contribution in [0.4, 0.5) is 13.2 Å². The molecule has 1 aromatic heterocycles. The van der Waals surface area contributed by atoms with Crippen LogP contribution in [0.5, 0.6) is 0 Å². The molecule has 0 radical (unpaired) electrons. The number of nitrogens with zero attached hydrogens (tertiary/aromatic N) is 2. The Morgan fingerprint density at radius 2 is 1.97 bits per heavy atom. The lowest BCUT2D eigenvalue weighted by molar-refractivity contribution is -0.137. The van der Waals surface area contributed by atoms with Gasteiger partial charge in [-0.05, 0) is 49.7 Å². The molecule has 0 unspecified atom stereocenters. The van der Waals surface area contributed by atoms with E-state index in [4.69, 9.17) is 4.74 Å². The average Bonchev–Trinajstić information content (AvgIpc) is 3.35. The van der Waals surface area contributed by atoms with Gasteiger partial charge in [-0.3, -0.25) is 4.90 Å². The van der Waals surface area contributed by atoms with Crippen molar-refractivity contribution in [1.82, 2.24) is 14.9 Å². The smallest absolute Gasteiger partial charge is 0.417 e. The van der Waals surface area contributed by atoms with Gasteiger partial charge in [0, 0.05) is 12.1 Å². The number of H-pyrrole nitrogens is 1. The Kier molecular flexibility index (Phi) is 5.04. The lowest BCUT2D eigenvalue weighted by Gasteiger charge is -2.17. The molecule has 1 aliphatic rings. The van der Waals surface area contributed by atoms with E-state index in [1.54, 1.807) is 18.2 Å². The second kappa shape index (κ2) is 7.51. The van der Waals surface area contributed by atoms with Gasteiger partial charge in [-0.1, -0.05) is 18.2 Å². The second-order valence-corrected chi connectivity index (χ2v) is 7.14. The van der Waals surface area contributed by atoms with Crippen LogP contribution in [0.2, 0.25) is 0 Å². The Morgan fingerprint density at radius 3 is 2.66 bits per heavy atom. The summed E-state index contributed by atoms with van der Waals surface area (Å²) >= 11 is 0. The van der Waals surface area contributed by atoms with E-state index in [0.717, 1.165) is 25.9 Å². The molecule has 3 aromatic rings. The Morgan fingerprint density at radius 1 is 1.21 bits per heavy atom. The molecule has 4 rings (SSSR count). The first-order chi connectivity index (χ1) is 13.9. The summed E-state index contributed by atoms with van der Waals surface area (Å²) in [5.74, 6) is -0.526. The van der Waals surface area contributed by atoms with Crippen LogP contribution < -0.4 is 0 Å². The van der Waals surface area contributed by atoms with Gasteiger partial charge in [-0.2, -0.15) is 13.2 Å². The maximum Gasteiger partial charge on any atom is 0.417 e. The number of fused-ring (bicyclic) bond motifs is 1. The molecule has 0 aliphatic carbocycles. The first-order valence-electron chi connectivity index (χ1n) is 9.36. The summed E-state index contributed by atoms with van der Waals surface area (Å²) in [5, 5.41) is 0. The zero-order valence-electron chi connectivity index (χ0n) is 15.8. The standard InChI is InChI=1S/C21H20F3N3O2/c1-29-20(28)15-5-4-6-17-18(15)26-19(25-17)14-8-7-13(11-16(14)21(22,23)24)12-27-9-2-3-10-27/h4-8,11H,2-3,9-10,12H2,1H3,(H,25,26). The number of carbonyl (C=O) groups excluding carboxylic acids is 1. The Bertz CT molecular complexity index is 1050. The highest BCUT2D eigenvalue weighted by Crippen LogP contribution is 2.38. The van der Waals surface area contributed by atoms with E-state index < -0.39 is 17.7 Å². The topological polar surface area (TPSA) is 58.2 Å². The number of carbonyl (C=O) groups is 1. The van der Waals surface area contributed by atoms with Gasteiger partial charge in [0.1, 0.15) is 11.3 Å². The summed E-state index contributed by atoms with van der Waals surface area (Å²) in [4.78, 5) is 21.3. The normalized spacial score (nSPS) is 15.2. The van der Waals surface area contributed by atoms with Crippen molar-refractivity contribution in [3.8, 4) is 11.4 Å². The van der Waals surface area contributed by atoms with Gasteiger partial charge in [0.15, 0.2) is 0 Å². The van der Waals surface area contributed by atoms with Crippen molar-refractivity contribution in [2.45, 2.75) is 25.6 Å². The molecular formula is C21H20F3N3O2. The first kappa shape index (κ1) is 19.4. The fourth-order valence-electron chi connectivity index (χ4n) is 3.76. The minimum Gasteiger partial charge on any atom is -0.465 e.